The third kappa shape index (κ3) is 5.00. The summed E-state index contributed by atoms with van der Waals surface area (Å²) in [7, 11) is 0. The number of amides is 2. The normalized spacial score (nSPS) is 15.7. The van der Waals surface area contributed by atoms with Crippen LogP contribution < -0.4 is 21.1 Å². The van der Waals surface area contributed by atoms with E-state index in [9.17, 15) is 9.59 Å². The summed E-state index contributed by atoms with van der Waals surface area (Å²) >= 11 is 3.41. The SMILES string of the molecule is CC(C)(C)OC(=O)NC1(C(=O)N(N)c2cccc(Br)c2)CCN(c2ncnc3[nH]ccc23)CC1. The Balaban J connectivity index is 1.60. The number of carbonyl (C=O) groups excluding carboxylic acids is 2. The number of hydrazine groups is 1. The number of nitrogens with one attached hydrogen (secondary N) is 2. The Morgan fingerprint density at radius 1 is 1.24 bits per heavy atom. The van der Waals surface area contributed by atoms with Crippen LogP contribution in [0.25, 0.3) is 11.0 Å². The largest absolute Gasteiger partial charge is 0.444 e. The fourth-order valence-electron chi connectivity index (χ4n) is 4.08. The maximum atomic E-state index is 13.7. The molecule has 0 spiro atoms. The van der Waals surface area contributed by atoms with E-state index in [0.29, 0.717) is 31.6 Å². The number of hydrogen-bond donors (Lipinski definition) is 3. The van der Waals surface area contributed by atoms with Crippen molar-refractivity contribution in [2.24, 2.45) is 5.84 Å². The van der Waals surface area contributed by atoms with Gasteiger partial charge in [0.1, 0.15) is 28.9 Å². The third-order valence-corrected chi connectivity index (χ3v) is 6.20. The predicted molar refractivity (Wildman–Crippen MR) is 133 cm³/mol. The summed E-state index contributed by atoms with van der Waals surface area (Å²) in [6.45, 7) is 6.28. The molecule has 3 aromatic rings. The first-order chi connectivity index (χ1) is 16.1. The van der Waals surface area contributed by atoms with Crippen LogP contribution in [0.15, 0.2) is 47.3 Å². The summed E-state index contributed by atoms with van der Waals surface area (Å²) < 4.78 is 6.26. The first kappa shape index (κ1) is 24.0. The van der Waals surface area contributed by atoms with E-state index in [-0.39, 0.29) is 0 Å². The summed E-state index contributed by atoms with van der Waals surface area (Å²) in [6.07, 6.45) is 3.31. The lowest BCUT2D eigenvalue weighted by atomic mass is 9.86. The van der Waals surface area contributed by atoms with Gasteiger partial charge in [-0.25, -0.2) is 25.6 Å². The molecule has 1 aromatic carbocycles. The van der Waals surface area contributed by atoms with E-state index in [4.69, 9.17) is 10.6 Å². The second-order valence-electron chi connectivity index (χ2n) is 9.29. The fourth-order valence-corrected chi connectivity index (χ4v) is 4.46. The van der Waals surface area contributed by atoms with Crippen LogP contribution in [0, 0.1) is 0 Å². The first-order valence-electron chi connectivity index (χ1n) is 11.0. The number of ether oxygens (including phenoxy) is 1. The molecule has 0 saturated carbocycles. The average molecular weight is 530 g/mol. The van der Waals surface area contributed by atoms with Crippen LogP contribution >= 0.6 is 15.9 Å². The highest BCUT2D eigenvalue weighted by atomic mass is 79.9. The van der Waals surface area contributed by atoms with Gasteiger partial charge in [0, 0.05) is 23.8 Å². The van der Waals surface area contributed by atoms with Gasteiger partial charge in [-0.3, -0.25) is 4.79 Å². The predicted octanol–water partition coefficient (Wildman–Crippen LogP) is 3.49. The van der Waals surface area contributed by atoms with Crippen molar-refractivity contribution in [2.45, 2.75) is 44.8 Å². The molecule has 0 unspecified atom stereocenters. The summed E-state index contributed by atoms with van der Waals surface area (Å²) in [4.78, 5) is 40.3. The van der Waals surface area contributed by atoms with Gasteiger partial charge >= 0.3 is 6.09 Å². The van der Waals surface area contributed by atoms with Crippen LogP contribution in [0.4, 0.5) is 16.3 Å². The van der Waals surface area contributed by atoms with Crippen molar-refractivity contribution in [3.63, 3.8) is 0 Å². The van der Waals surface area contributed by atoms with Crippen molar-refractivity contribution < 1.29 is 14.3 Å². The van der Waals surface area contributed by atoms with E-state index >= 15 is 0 Å². The molecule has 11 heteroatoms. The summed E-state index contributed by atoms with van der Waals surface area (Å²) in [5.74, 6) is 6.63. The number of H-pyrrole nitrogens is 1. The Morgan fingerprint density at radius 3 is 2.65 bits per heavy atom. The van der Waals surface area contributed by atoms with Crippen LogP contribution in [0.1, 0.15) is 33.6 Å². The van der Waals surface area contributed by atoms with Crippen molar-refractivity contribution >= 4 is 50.5 Å². The van der Waals surface area contributed by atoms with E-state index in [2.05, 4.69) is 41.1 Å². The van der Waals surface area contributed by atoms with Gasteiger partial charge in [-0.15, -0.1) is 0 Å². The minimum Gasteiger partial charge on any atom is -0.444 e. The molecule has 2 aromatic heterocycles. The zero-order valence-electron chi connectivity index (χ0n) is 19.3. The molecule has 0 atom stereocenters. The van der Waals surface area contributed by atoms with E-state index in [1.165, 1.54) is 6.33 Å². The van der Waals surface area contributed by atoms with E-state index in [1.54, 1.807) is 39.0 Å². The Morgan fingerprint density at radius 2 is 1.97 bits per heavy atom. The number of benzene rings is 1. The molecule has 0 aliphatic carbocycles. The van der Waals surface area contributed by atoms with Gasteiger partial charge in [-0.2, -0.15) is 0 Å². The smallest absolute Gasteiger partial charge is 0.408 e. The fraction of sp³-hybridized carbons (Fsp3) is 0.391. The Hall–Kier alpha value is -3.18. The Labute approximate surface area is 206 Å². The minimum atomic E-state index is -1.24. The van der Waals surface area contributed by atoms with Crippen LogP contribution in [0.5, 0.6) is 0 Å². The van der Waals surface area contributed by atoms with Crippen molar-refractivity contribution in [1.82, 2.24) is 20.3 Å². The van der Waals surface area contributed by atoms with Crippen molar-refractivity contribution in [3.05, 3.63) is 47.3 Å². The number of piperidine rings is 1. The lowest BCUT2D eigenvalue weighted by Gasteiger charge is -2.43. The van der Waals surface area contributed by atoms with E-state index < -0.39 is 23.1 Å². The number of hydrogen-bond acceptors (Lipinski definition) is 7. The molecule has 2 amide bonds. The molecule has 1 saturated heterocycles. The summed E-state index contributed by atoms with van der Waals surface area (Å²) in [6, 6.07) is 9.05. The molecule has 10 nitrogen and oxygen atoms in total. The maximum absolute atomic E-state index is 13.7. The lowest BCUT2D eigenvalue weighted by Crippen LogP contribution is -2.65. The Kier molecular flexibility index (Phi) is 6.50. The van der Waals surface area contributed by atoms with Gasteiger partial charge in [0.25, 0.3) is 5.91 Å². The van der Waals surface area contributed by atoms with Gasteiger partial charge in [0.15, 0.2) is 0 Å². The lowest BCUT2D eigenvalue weighted by molar-refractivity contribution is -0.126. The van der Waals surface area contributed by atoms with Gasteiger partial charge in [-0.05, 0) is 57.9 Å². The monoisotopic (exact) mass is 529 g/mol. The molecule has 34 heavy (non-hydrogen) atoms. The quantitative estimate of drug-likeness (QED) is 0.268. The zero-order chi connectivity index (χ0) is 24.5. The van der Waals surface area contributed by atoms with Crippen LogP contribution in [0.3, 0.4) is 0 Å². The molecule has 4 N–H and O–H groups in total. The molecule has 0 bridgehead atoms. The number of carbonyl (C=O) groups is 2. The van der Waals surface area contributed by atoms with Crippen LogP contribution in [0.2, 0.25) is 0 Å². The van der Waals surface area contributed by atoms with E-state index in [1.807, 2.05) is 18.3 Å². The standard InChI is InChI=1S/C23H28BrN7O3/c1-22(2,3)34-21(33)29-23(20(32)31(25)16-6-4-5-15(24)13-16)8-11-30(12-9-23)19-17-7-10-26-18(17)27-14-28-19/h4-7,10,13-14H,8-9,11-12,25H2,1-3H3,(H,29,33)(H,26,27,28). The first-order valence-corrected chi connectivity index (χ1v) is 11.8. The second kappa shape index (κ2) is 9.22. The molecular formula is C23H28BrN7O3. The third-order valence-electron chi connectivity index (χ3n) is 5.70. The van der Waals surface area contributed by atoms with Gasteiger partial charge in [0.05, 0.1) is 11.1 Å². The second-order valence-corrected chi connectivity index (χ2v) is 10.2. The number of nitrogens with zero attached hydrogens (tertiary/aromatic N) is 4. The maximum Gasteiger partial charge on any atom is 0.408 e. The number of rotatable bonds is 4. The van der Waals surface area contributed by atoms with E-state index in [0.717, 1.165) is 26.3 Å². The molecule has 4 rings (SSSR count). The average Bonchev–Trinajstić information content (AvgIpc) is 3.26. The topological polar surface area (TPSA) is 129 Å². The molecule has 1 aliphatic heterocycles. The van der Waals surface area contributed by atoms with Crippen LogP contribution in [-0.4, -0.2) is 51.2 Å². The van der Waals surface area contributed by atoms with Gasteiger partial charge in [-0.1, -0.05) is 22.0 Å². The number of aromatic amines is 1. The summed E-state index contributed by atoms with van der Waals surface area (Å²) in [5, 5.41) is 4.84. The molecule has 0 radical (unpaired) electrons. The molecular weight excluding hydrogens is 502 g/mol. The molecule has 3 heterocycles. The van der Waals surface area contributed by atoms with Gasteiger partial charge in [0.2, 0.25) is 0 Å². The highest BCUT2D eigenvalue weighted by molar-refractivity contribution is 9.10. The summed E-state index contributed by atoms with van der Waals surface area (Å²) in [5.41, 5.74) is -0.687. The van der Waals surface area contributed by atoms with Gasteiger partial charge < -0.3 is 19.9 Å². The number of anilines is 2. The Bertz CT molecular complexity index is 1200. The number of nitrogens with two attached hydrogens (primary N) is 1. The van der Waals surface area contributed by atoms with Crippen LogP contribution in [-0.2, 0) is 9.53 Å². The molecule has 180 valence electrons. The minimum absolute atomic E-state index is 0.322. The zero-order valence-corrected chi connectivity index (χ0v) is 20.9. The number of halogens is 1. The molecule has 1 fully saturated rings. The highest BCUT2D eigenvalue weighted by Gasteiger charge is 2.46. The highest BCUT2D eigenvalue weighted by Crippen LogP contribution is 2.31. The van der Waals surface area contributed by atoms with Crippen molar-refractivity contribution in [1.29, 1.82) is 0 Å². The molecule has 1 aliphatic rings. The number of fused-ring (bicyclic) bond motifs is 1. The number of alkyl carbamates (subject to hydrolysis) is 1. The number of aromatic nitrogens is 3. The van der Waals surface area contributed by atoms with Crippen molar-refractivity contribution in [3.8, 4) is 0 Å². The van der Waals surface area contributed by atoms with Crippen molar-refractivity contribution in [2.75, 3.05) is 23.0 Å².